The van der Waals surface area contributed by atoms with Crippen LogP contribution in [0.4, 0.5) is 0 Å². The number of hydrogen-bond donors (Lipinski definition) is 0. The fourth-order valence-corrected chi connectivity index (χ4v) is 1.63. The van der Waals surface area contributed by atoms with Gasteiger partial charge >= 0.3 is 0 Å². The maximum absolute atomic E-state index is 2.27. The van der Waals surface area contributed by atoms with Crippen LogP contribution in [-0.4, -0.2) is 0 Å². The Balaban J connectivity index is 2.66. The molecule has 0 N–H and O–H groups in total. The molecule has 0 atom stereocenters. The maximum atomic E-state index is 2.27. The Bertz CT molecular complexity index is 427. The molecular weight excluding hydrogens is 156 g/mol. The van der Waals surface area contributed by atoms with E-state index in [0.717, 1.165) is 6.42 Å². The molecule has 0 aliphatic rings. The second kappa shape index (κ2) is 3.21. The van der Waals surface area contributed by atoms with E-state index in [4.69, 9.17) is 0 Å². The summed E-state index contributed by atoms with van der Waals surface area (Å²) in [6.07, 6.45) is 1.11. The van der Waals surface area contributed by atoms with Crippen LogP contribution < -0.4 is 0 Å². The Morgan fingerprint density at radius 1 is 0.923 bits per heavy atom. The molecule has 2 aromatic rings. The topological polar surface area (TPSA) is 0 Å². The predicted molar refractivity (Wildman–Crippen MR) is 58.1 cm³/mol. The van der Waals surface area contributed by atoms with Crippen molar-refractivity contribution in [2.24, 2.45) is 0 Å². The molecule has 0 spiro atoms. The third-order valence-corrected chi connectivity index (χ3v) is 2.47. The fourth-order valence-electron chi connectivity index (χ4n) is 1.63. The molecule has 66 valence electrons. The van der Waals surface area contributed by atoms with Gasteiger partial charge in [0.1, 0.15) is 0 Å². The molecule has 0 unspecified atom stereocenters. The highest BCUT2D eigenvalue weighted by molar-refractivity contribution is 5.83. The van der Waals surface area contributed by atoms with Gasteiger partial charge in [0.2, 0.25) is 0 Å². The molecule has 13 heavy (non-hydrogen) atoms. The van der Waals surface area contributed by atoms with Gasteiger partial charge in [-0.05, 0) is 29.7 Å². The van der Waals surface area contributed by atoms with Gasteiger partial charge in [-0.3, -0.25) is 0 Å². The summed E-state index contributed by atoms with van der Waals surface area (Å²) in [5, 5.41) is 2.70. The average molecular weight is 170 g/mol. The van der Waals surface area contributed by atoms with Crippen molar-refractivity contribution in [2.75, 3.05) is 0 Å². The second-order valence-electron chi connectivity index (χ2n) is 3.54. The van der Waals surface area contributed by atoms with Gasteiger partial charge in [0.05, 0.1) is 0 Å². The highest BCUT2D eigenvalue weighted by Gasteiger charge is 1.94. The number of rotatable bonds is 1. The van der Waals surface area contributed by atoms with Gasteiger partial charge in [0.15, 0.2) is 0 Å². The Morgan fingerprint density at radius 3 is 2.38 bits per heavy atom. The smallest absolute Gasteiger partial charge is 0.0181 e. The monoisotopic (exact) mass is 170 g/mol. The molecule has 0 aliphatic heterocycles. The minimum Gasteiger partial charge on any atom is -0.0613 e. The first-order chi connectivity index (χ1) is 6.29. The van der Waals surface area contributed by atoms with Crippen molar-refractivity contribution < 1.29 is 0 Å². The van der Waals surface area contributed by atoms with Crippen LogP contribution in [0.5, 0.6) is 0 Å². The lowest BCUT2D eigenvalue weighted by molar-refractivity contribution is 1.15. The molecule has 0 saturated carbocycles. The average Bonchev–Trinajstić information content (AvgIpc) is 2.17. The zero-order chi connectivity index (χ0) is 9.26. The first kappa shape index (κ1) is 8.31. The zero-order valence-corrected chi connectivity index (χ0v) is 8.17. The predicted octanol–water partition coefficient (Wildman–Crippen LogP) is 3.71. The van der Waals surface area contributed by atoms with Crippen molar-refractivity contribution in [3.05, 3.63) is 47.5 Å². The van der Waals surface area contributed by atoms with E-state index in [1.165, 1.54) is 21.9 Å². The van der Waals surface area contributed by atoms with Crippen LogP contribution in [0.15, 0.2) is 36.4 Å². The van der Waals surface area contributed by atoms with Crippen molar-refractivity contribution in [1.29, 1.82) is 0 Å². The van der Waals surface area contributed by atoms with E-state index in [-0.39, 0.29) is 0 Å². The minimum absolute atomic E-state index is 1.11. The third kappa shape index (κ3) is 1.57. The molecule has 0 aromatic heterocycles. The quantitative estimate of drug-likeness (QED) is 0.612. The van der Waals surface area contributed by atoms with Gasteiger partial charge in [-0.1, -0.05) is 48.9 Å². The van der Waals surface area contributed by atoms with Crippen LogP contribution in [0.1, 0.15) is 18.1 Å². The Kier molecular flexibility index (Phi) is 2.05. The van der Waals surface area contributed by atoms with E-state index < -0.39 is 0 Å². The first-order valence-corrected chi connectivity index (χ1v) is 4.79. The number of fused-ring (bicyclic) bond motifs is 1. The lowest BCUT2D eigenvalue weighted by Gasteiger charge is -2.01. The molecular formula is C13H14. The van der Waals surface area contributed by atoms with Gasteiger partial charge in [0.25, 0.3) is 0 Å². The van der Waals surface area contributed by atoms with Crippen molar-refractivity contribution in [2.45, 2.75) is 20.3 Å². The number of aryl methyl sites for hydroxylation is 2. The molecule has 0 saturated heterocycles. The summed E-state index contributed by atoms with van der Waals surface area (Å²) in [7, 11) is 0. The maximum Gasteiger partial charge on any atom is -0.0181 e. The third-order valence-electron chi connectivity index (χ3n) is 2.47. The van der Waals surface area contributed by atoms with Crippen LogP contribution in [0.25, 0.3) is 10.8 Å². The summed E-state index contributed by atoms with van der Waals surface area (Å²) in [5.74, 6) is 0. The van der Waals surface area contributed by atoms with E-state index in [1.54, 1.807) is 0 Å². The Morgan fingerprint density at radius 2 is 1.62 bits per heavy atom. The fraction of sp³-hybridized carbons (Fsp3) is 0.231. The summed E-state index contributed by atoms with van der Waals surface area (Å²) in [6.45, 7) is 4.32. The molecule has 0 radical (unpaired) electrons. The summed E-state index contributed by atoms with van der Waals surface area (Å²) < 4.78 is 0. The molecule has 0 heterocycles. The second-order valence-corrected chi connectivity index (χ2v) is 3.54. The molecule has 0 aliphatic carbocycles. The van der Waals surface area contributed by atoms with Crippen molar-refractivity contribution in [3.8, 4) is 0 Å². The Hall–Kier alpha value is -1.30. The minimum atomic E-state index is 1.11. The number of benzene rings is 2. The first-order valence-electron chi connectivity index (χ1n) is 4.79. The van der Waals surface area contributed by atoms with Crippen LogP contribution in [-0.2, 0) is 6.42 Å². The van der Waals surface area contributed by atoms with Crippen molar-refractivity contribution in [3.63, 3.8) is 0 Å². The van der Waals surface area contributed by atoms with Gasteiger partial charge in [-0.15, -0.1) is 0 Å². The standard InChI is InChI=1S/C13H14/c1-3-11-5-7-12-8-10(2)4-6-13(12)9-11/h4-9H,3H2,1-2H3. The van der Waals surface area contributed by atoms with Gasteiger partial charge in [-0.25, -0.2) is 0 Å². The van der Waals surface area contributed by atoms with E-state index in [1.807, 2.05) is 0 Å². The molecule has 0 amide bonds. The van der Waals surface area contributed by atoms with E-state index >= 15 is 0 Å². The lowest BCUT2D eigenvalue weighted by atomic mass is 10.0. The van der Waals surface area contributed by atoms with E-state index in [2.05, 4.69) is 50.2 Å². The molecule has 0 nitrogen and oxygen atoms in total. The van der Waals surface area contributed by atoms with Crippen LogP contribution in [0, 0.1) is 6.92 Å². The summed E-state index contributed by atoms with van der Waals surface area (Å²) in [6, 6.07) is 13.3. The highest BCUT2D eigenvalue weighted by Crippen LogP contribution is 2.17. The van der Waals surface area contributed by atoms with E-state index in [9.17, 15) is 0 Å². The summed E-state index contributed by atoms with van der Waals surface area (Å²) in [5.41, 5.74) is 2.74. The van der Waals surface area contributed by atoms with Crippen molar-refractivity contribution >= 4 is 10.8 Å². The molecule has 2 rings (SSSR count). The Labute approximate surface area is 79.2 Å². The molecule has 0 bridgehead atoms. The van der Waals surface area contributed by atoms with Crippen LogP contribution >= 0.6 is 0 Å². The molecule has 0 heteroatoms. The summed E-state index contributed by atoms with van der Waals surface area (Å²) >= 11 is 0. The van der Waals surface area contributed by atoms with Crippen molar-refractivity contribution in [1.82, 2.24) is 0 Å². The SMILES string of the molecule is CCc1ccc2cc(C)ccc2c1. The van der Waals surface area contributed by atoms with Crippen LogP contribution in [0.3, 0.4) is 0 Å². The largest absolute Gasteiger partial charge is 0.0613 e. The zero-order valence-electron chi connectivity index (χ0n) is 8.17. The van der Waals surface area contributed by atoms with Gasteiger partial charge < -0.3 is 0 Å². The summed E-state index contributed by atoms with van der Waals surface area (Å²) in [4.78, 5) is 0. The molecule has 2 aromatic carbocycles. The number of hydrogen-bond acceptors (Lipinski definition) is 0. The van der Waals surface area contributed by atoms with E-state index in [0.29, 0.717) is 0 Å². The highest BCUT2D eigenvalue weighted by atomic mass is 14.0. The van der Waals surface area contributed by atoms with Gasteiger partial charge in [-0.2, -0.15) is 0 Å². The van der Waals surface area contributed by atoms with Gasteiger partial charge in [0, 0.05) is 0 Å². The van der Waals surface area contributed by atoms with Crippen LogP contribution in [0.2, 0.25) is 0 Å². The lowest BCUT2D eigenvalue weighted by Crippen LogP contribution is -1.80. The molecule has 0 fully saturated rings. The normalized spacial score (nSPS) is 10.6.